The second kappa shape index (κ2) is 6.36. The minimum atomic E-state index is -0.00576. The maximum Gasteiger partial charge on any atom is 0.273 e. The average Bonchev–Trinajstić information content (AvgIpc) is 3.33. The number of rotatable bonds is 4. The molecule has 0 radical (unpaired) electrons. The van der Waals surface area contributed by atoms with E-state index in [1.54, 1.807) is 18.0 Å². The summed E-state index contributed by atoms with van der Waals surface area (Å²) in [6.07, 6.45) is 2.52. The van der Waals surface area contributed by atoms with E-state index in [1.807, 2.05) is 35.5 Å². The first-order valence-corrected chi connectivity index (χ1v) is 8.90. The van der Waals surface area contributed by atoms with Crippen molar-refractivity contribution < 1.29 is 14.3 Å². The van der Waals surface area contributed by atoms with Crippen LogP contribution in [0.4, 0.5) is 0 Å². The smallest absolute Gasteiger partial charge is 0.273 e. The zero-order chi connectivity index (χ0) is 17.4. The van der Waals surface area contributed by atoms with Crippen molar-refractivity contribution >= 4 is 28.1 Å². The number of thiazole rings is 1. The lowest BCUT2D eigenvalue weighted by atomic mass is 10.1. The Morgan fingerprint density at radius 2 is 2.28 bits per heavy atom. The summed E-state index contributed by atoms with van der Waals surface area (Å²) in [4.78, 5) is 18.7. The summed E-state index contributed by atoms with van der Waals surface area (Å²) in [7, 11) is 3.43. The number of carbonyl (C=O) groups is 1. The minimum absolute atomic E-state index is 0.00300. The van der Waals surface area contributed by atoms with Crippen LogP contribution < -0.4 is 9.47 Å². The molecule has 3 heterocycles. The maximum absolute atomic E-state index is 12.8. The van der Waals surface area contributed by atoms with Gasteiger partial charge in [-0.25, -0.2) is 9.67 Å². The molecule has 0 N–H and O–H groups in total. The van der Waals surface area contributed by atoms with Crippen molar-refractivity contribution in [2.24, 2.45) is 7.05 Å². The number of hydrogen-bond donors (Lipinski definition) is 0. The Hall–Kier alpha value is -2.61. The van der Waals surface area contributed by atoms with Crippen LogP contribution in [0.5, 0.6) is 11.1 Å². The molecule has 7 nitrogen and oxygen atoms in total. The Balaban J connectivity index is 1.50. The van der Waals surface area contributed by atoms with Crippen LogP contribution in [0.3, 0.4) is 0 Å². The van der Waals surface area contributed by atoms with Crippen LogP contribution >= 0.6 is 11.3 Å². The van der Waals surface area contributed by atoms with Gasteiger partial charge in [-0.2, -0.15) is 5.10 Å². The third-order valence-electron chi connectivity index (χ3n) is 4.33. The van der Waals surface area contributed by atoms with Gasteiger partial charge >= 0.3 is 0 Å². The number of hydrogen-bond acceptors (Lipinski definition) is 6. The van der Waals surface area contributed by atoms with Gasteiger partial charge in [-0.1, -0.05) is 11.3 Å². The minimum Gasteiger partial charge on any atom is -0.481 e. The second-order valence-corrected chi connectivity index (χ2v) is 6.80. The molecule has 1 fully saturated rings. The molecule has 3 aromatic rings. The van der Waals surface area contributed by atoms with E-state index in [-0.39, 0.29) is 12.0 Å². The molecule has 1 saturated heterocycles. The largest absolute Gasteiger partial charge is 0.481 e. The highest BCUT2D eigenvalue weighted by Gasteiger charge is 2.29. The molecular weight excluding hydrogens is 340 g/mol. The lowest BCUT2D eigenvalue weighted by Gasteiger charge is -2.16. The van der Waals surface area contributed by atoms with Crippen LogP contribution in [0.1, 0.15) is 16.8 Å². The van der Waals surface area contributed by atoms with Gasteiger partial charge in [0, 0.05) is 37.2 Å². The first-order chi connectivity index (χ1) is 12.2. The fourth-order valence-corrected chi connectivity index (χ4v) is 3.71. The molecule has 1 amide bonds. The van der Waals surface area contributed by atoms with Crippen LogP contribution in [-0.4, -0.2) is 51.9 Å². The summed E-state index contributed by atoms with van der Waals surface area (Å²) in [5.41, 5.74) is 1.38. The number of likely N-dealkylation sites (tertiary alicyclic amines) is 1. The van der Waals surface area contributed by atoms with Crippen LogP contribution in [0, 0.1) is 0 Å². The van der Waals surface area contributed by atoms with Gasteiger partial charge in [-0.05, 0) is 18.2 Å². The fraction of sp³-hybridized carbons (Fsp3) is 0.353. The number of amides is 1. The van der Waals surface area contributed by atoms with Crippen LogP contribution in [0.15, 0.2) is 29.8 Å². The number of ether oxygens (including phenoxy) is 2. The monoisotopic (exact) mass is 358 g/mol. The van der Waals surface area contributed by atoms with E-state index in [0.29, 0.717) is 29.7 Å². The van der Waals surface area contributed by atoms with Crippen molar-refractivity contribution in [1.82, 2.24) is 19.7 Å². The molecule has 4 rings (SSSR count). The van der Waals surface area contributed by atoms with Crippen molar-refractivity contribution in [2.75, 3.05) is 20.2 Å². The summed E-state index contributed by atoms with van der Waals surface area (Å²) in [5, 5.41) is 7.84. The van der Waals surface area contributed by atoms with Crippen molar-refractivity contribution in [3.8, 4) is 11.1 Å². The quantitative estimate of drug-likeness (QED) is 0.716. The molecule has 1 atom stereocenters. The van der Waals surface area contributed by atoms with E-state index in [1.165, 1.54) is 11.3 Å². The lowest BCUT2D eigenvalue weighted by Crippen LogP contribution is -2.30. The molecule has 0 spiro atoms. The topological polar surface area (TPSA) is 69.5 Å². The van der Waals surface area contributed by atoms with Crippen molar-refractivity contribution in [3.05, 3.63) is 35.3 Å². The summed E-state index contributed by atoms with van der Waals surface area (Å²) in [6, 6.07) is 5.52. The van der Waals surface area contributed by atoms with E-state index in [0.717, 1.165) is 17.3 Å². The Bertz CT molecular complexity index is 906. The first-order valence-electron chi connectivity index (χ1n) is 8.02. The fourth-order valence-electron chi connectivity index (χ4n) is 3.15. The molecule has 2 aromatic heterocycles. The maximum atomic E-state index is 12.8. The summed E-state index contributed by atoms with van der Waals surface area (Å²) in [5.74, 6) is 0.684. The summed E-state index contributed by atoms with van der Waals surface area (Å²) in [6.45, 7) is 1.25. The number of aryl methyl sites for hydroxylation is 1. The SMILES string of the molecule is COc1c2ccc(C(=O)N3CCC(Oc4nccs4)C3)cc2nn1C. The van der Waals surface area contributed by atoms with E-state index < -0.39 is 0 Å². The van der Waals surface area contributed by atoms with Gasteiger partial charge in [0.05, 0.1) is 24.6 Å². The van der Waals surface area contributed by atoms with Gasteiger partial charge < -0.3 is 14.4 Å². The average molecular weight is 358 g/mol. The third kappa shape index (κ3) is 2.93. The molecule has 1 unspecified atom stereocenters. The van der Waals surface area contributed by atoms with Crippen LogP contribution in [-0.2, 0) is 7.05 Å². The van der Waals surface area contributed by atoms with E-state index in [2.05, 4.69) is 10.1 Å². The molecule has 130 valence electrons. The first kappa shape index (κ1) is 15.9. The zero-order valence-corrected chi connectivity index (χ0v) is 14.8. The van der Waals surface area contributed by atoms with Gasteiger partial charge in [0.25, 0.3) is 11.1 Å². The Labute approximate surface area is 148 Å². The number of carbonyl (C=O) groups excluding carboxylic acids is 1. The highest BCUT2D eigenvalue weighted by molar-refractivity contribution is 7.11. The molecule has 25 heavy (non-hydrogen) atoms. The van der Waals surface area contributed by atoms with E-state index in [9.17, 15) is 4.79 Å². The zero-order valence-electron chi connectivity index (χ0n) is 14.0. The van der Waals surface area contributed by atoms with Crippen LogP contribution in [0.25, 0.3) is 10.9 Å². The molecule has 1 aliphatic rings. The van der Waals surface area contributed by atoms with Gasteiger partial charge in [-0.15, -0.1) is 0 Å². The highest BCUT2D eigenvalue weighted by Crippen LogP contribution is 2.27. The molecule has 0 aliphatic carbocycles. The number of aromatic nitrogens is 3. The number of fused-ring (bicyclic) bond motifs is 1. The number of benzene rings is 1. The predicted molar refractivity (Wildman–Crippen MR) is 94.3 cm³/mol. The highest BCUT2D eigenvalue weighted by atomic mass is 32.1. The Morgan fingerprint density at radius 1 is 1.40 bits per heavy atom. The third-order valence-corrected chi connectivity index (χ3v) is 4.99. The lowest BCUT2D eigenvalue weighted by molar-refractivity contribution is 0.0772. The predicted octanol–water partition coefficient (Wildman–Crippen LogP) is 2.33. The Kier molecular flexibility index (Phi) is 4.04. The number of nitrogens with zero attached hydrogens (tertiary/aromatic N) is 4. The summed E-state index contributed by atoms with van der Waals surface area (Å²) >= 11 is 1.46. The molecule has 1 aliphatic heterocycles. The summed E-state index contributed by atoms with van der Waals surface area (Å²) < 4.78 is 12.8. The van der Waals surface area contributed by atoms with Crippen LogP contribution in [0.2, 0.25) is 0 Å². The Morgan fingerprint density at radius 3 is 3.04 bits per heavy atom. The normalized spacial score (nSPS) is 17.2. The molecule has 0 bridgehead atoms. The van der Waals surface area contributed by atoms with Gasteiger partial charge in [-0.3, -0.25) is 4.79 Å². The van der Waals surface area contributed by atoms with Crippen molar-refractivity contribution in [3.63, 3.8) is 0 Å². The molecular formula is C17H18N4O3S. The number of methoxy groups -OCH3 is 1. The molecule has 1 aromatic carbocycles. The second-order valence-electron chi connectivity index (χ2n) is 5.94. The van der Waals surface area contributed by atoms with E-state index >= 15 is 0 Å². The van der Waals surface area contributed by atoms with Gasteiger partial charge in [0.2, 0.25) is 5.88 Å². The molecule has 0 saturated carbocycles. The van der Waals surface area contributed by atoms with Gasteiger partial charge in [0.1, 0.15) is 6.10 Å². The van der Waals surface area contributed by atoms with Crippen molar-refractivity contribution in [2.45, 2.75) is 12.5 Å². The van der Waals surface area contributed by atoms with E-state index in [4.69, 9.17) is 9.47 Å². The molecule has 8 heteroatoms. The standard InChI is InChI=1S/C17H18N4O3S/c1-20-16(23-2)13-4-3-11(9-14(13)19-20)15(22)21-7-5-12(10-21)24-17-18-6-8-25-17/h3-4,6,8-9,12H,5,7,10H2,1-2H3. The van der Waals surface area contributed by atoms with Gasteiger partial charge in [0.15, 0.2) is 0 Å². The van der Waals surface area contributed by atoms with Crippen molar-refractivity contribution in [1.29, 1.82) is 0 Å².